The molecule has 7 unspecified atom stereocenters. The van der Waals surface area contributed by atoms with Gasteiger partial charge in [0.2, 0.25) is 0 Å². The maximum atomic E-state index is 14.0. The molecule has 9 heteroatoms. The van der Waals surface area contributed by atoms with E-state index in [1.165, 1.54) is 14.0 Å². The Bertz CT molecular complexity index is 976. The van der Waals surface area contributed by atoms with Crippen LogP contribution in [0.3, 0.4) is 0 Å². The van der Waals surface area contributed by atoms with Gasteiger partial charge in [-0.1, -0.05) is 34.1 Å². The van der Waals surface area contributed by atoms with E-state index in [1.807, 2.05) is 27.7 Å². The second-order valence-electron chi connectivity index (χ2n) is 10.6. The molecule has 2 aliphatic rings. The number of aromatic hydroxyl groups is 1. The summed E-state index contributed by atoms with van der Waals surface area (Å²) in [5.74, 6) is -1.33. The highest BCUT2D eigenvalue weighted by Crippen LogP contribution is 2.51. The molecule has 3 N–H and O–H groups in total. The number of ketones is 2. The maximum absolute atomic E-state index is 14.0. The number of ether oxygens (including phenoxy) is 4. The highest BCUT2D eigenvalue weighted by atomic mass is 16.7. The van der Waals surface area contributed by atoms with Crippen molar-refractivity contribution in [1.29, 1.82) is 0 Å². The Morgan fingerprint density at radius 2 is 1.89 bits per heavy atom. The van der Waals surface area contributed by atoms with Gasteiger partial charge in [-0.25, -0.2) is 0 Å². The molecule has 2 fully saturated rings. The third kappa shape index (κ3) is 5.43. The Balaban J connectivity index is 2.07. The van der Waals surface area contributed by atoms with Gasteiger partial charge in [0.15, 0.2) is 17.7 Å². The lowest BCUT2D eigenvalue weighted by atomic mass is 9.79. The zero-order valence-electron chi connectivity index (χ0n) is 22.9. The van der Waals surface area contributed by atoms with Gasteiger partial charge in [-0.05, 0) is 31.7 Å². The molecule has 0 saturated carbocycles. The first kappa shape index (κ1) is 29.5. The fraction of sp³-hybridized carbons (Fsp3) is 0.714. The Morgan fingerprint density at radius 1 is 1.22 bits per heavy atom. The lowest BCUT2D eigenvalue weighted by Crippen LogP contribution is -2.55. The van der Waals surface area contributed by atoms with Gasteiger partial charge in [0.1, 0.15) is 17.3 Å². The van der Waals surface area contributed by atoms with Gasteiger partial charge < -0.3 is 34.3 Å². The predicted octanol–water partition coefficient (Wildman–Crippen LogP) is 3.49. The number of aliphatic hydroxyl groups excluding tert-OH is 2. The average Bonchev–Trinajstić information content (AvgIpc) is 3.58. The number of carbonyl (C=O) groups excluding carboxylic acids is 2. The first-order valence-electron chi connectivity index (χ1n) is 13.2. The molecule has 9 nitrogen and oxygen atoms in total. The molecular weight excluding hydrogens is 480 g/mol. The molecule has 2 saturated heterocycles. The van der Waals surface area contributed by atoms with Crippen LogP contribution in [0.25, 0.3) is 0 Å². The van der Waals surface area contributed by atoms with E-state index in [9.17, 15) is 24.9 Å². The lowest BCUT2D eigenvalue weighted by Gasteiger charge is -2.39. The number of methoxy groups -OCH3 is 2. The van der Waals surface area contributed by atoms with Crippen molar-refractivity contribution in [1.82, 2.24) is 0 Å². The molecule has 1 aromatic rings. The summed E-state index contributed by atoms with van der Waals surface area (Å²) in [6.07, 6.45) is -2.24. The topological polar surface area (TPSA) is 135 Å². The summed E-state index contributed by atoms with van der Waals surface area (Å²) in [4.78, 5) is 26.1. The van der Waals surface area contributed by atoms with Crippen molar-refractivity contribution in [2.24, 2.45) is 11.8 Å². The SMILES string of the molecule is CCCC(C(=O)c1cc(C(OC)C(C)C)c(OC)c(CC(C)=O)c1O)C1CC(O)C2(OC2CC)C(O)O1. The minimum Gasteiger partial charge on any atom is -0.507 e. The van der Waals surface area contributed by atoms with E-state index in [-0.39, 0.29) is 47.5 Å². The van der Waals surface area contributed by atoms with Crippen LogP contribution in [0.15, 0.2) is 6.07 Å². The summed E-state index contributed by atoms with van der Waals surface area (Å²) in [6.45, 7) is 9.16. The fourth-order valence-corrected chi connectivity index (χ4v) is 5.82. The summed E-state index contributed by atoms with van der Waals surface area (Å²) in [5.41, 5.74) is -0.323. The molecule has 1 aromatic carbocycles. The molecule has 37 heavy (non-hydrogen) atoms. The molecule has 0 aliphatic carbocycles. The van der Waals surface area contributed by atoms with Crippen LogP contribution in [-0.2, 0) is 25.4 Å². The summed E-state index contributed by atoms with van der Waals surface area (Å²) in [5, 5.41) is 32.9. The smallest absolute Gasteiger partial charge is 0.189 e. The second-order valence-corrected chi connectivity index (χ2v) is 10.6. The molecule has 0 aromatic heterocycles. The first-order valence-corrected chi connectivity index (χ1v) is 13.2. The number of hydrogen-bond donors (Lipinski definition) is 3. The Morgan fingerprint density at radius 3 is 2.35 bits per heavy atom. The van der Waals surface area contributed by atoms with E-state index in [2.05, 4.69) is 0 Å². The lowest BCUT2D eigenvalue weighted by molar-refractivity contribution is -0.239. The highest BCUT2D eigenvalue weighted by Gasteiger charge is 2.68. The molecule has 0 amide bonds. The largest absolute Gasteiger partial charge is 0.507 e. The van der Waals surface area contributed by atoms with Crippen LogP contribution in [-0.4, -0.2) is 71.3 Å². The maximum Gasteiger partial charge on any atom is 0.189 e. The molecular formula is C28H42O9. The number of phenolic OH excluding ortho intramolecular Hbond substituents is 1. The van der Waals surface area contributed by atoms with Crippen molar-refractivity contribution in [3.63, 3.8) is 0 Å². The number of hydrogen-bond acceptors (Lipinski definition) is 9. The van der Waals surface area contributed by atoms with Crippen LogP contribution >= 0.6 is 0 Å². The zero-order chi connectivity index (χ0) is 27.7. The molecule has 3 rings (SSSR count). The number of benzene rings is 1. The quantitative estimate of drug-likeness (QED) is 0.278. The Labute approximate surface area is 219 Å². The van der Waals surface area contributed by atoms with Crippen LogP contribution in [0.4, 0.5) is 0 Å². The minimum absolute atomic E-state index is 0.0104. The van der Waals surface area contributed by atoms with Gasteiger partial charge in [-0.15, -0.1) is 0 Å². The third-order valence-corrected chi connectivity index (χ3v) is 7.65. The van der Waals surface area contributed by atoms with Crippen LogP contribution in [0, 0.1) is 11.8 Å². The van der Waals surface area contributed by atoms with Crippen molar-refractivity contribution in [2.75, 3.05) is 14.2 Å². The first-order chi connectivity index (χ1) is 17.5. The number of rotatable bonds is 12. The van der Waals surface area contributed by atoms with E-state index in [4.69, 9.17) is 18.9 Å². The van der Waals surface area contributed by atoms with E-state index in [0.717, 1.165) is 0 Å². The van der Waals surface area contributed by atoms with Gasteiger partial charge in [0.05, 0.1) is 37.1 Å². The summed E-state index contributed by atoms with van der Waals surface area (Å²) < 4.78 is 22.9. The summed E-state index contributed by atoms with van der Waals surface area (Å²) in [7, 11) is 3.01. The van der Waals surface area contributed by atoms with Crippen LogP contribution in [0.1, 0.15) is 87.9 Å². The van der Waals surface area contributed by atoms with Crippen molar-refractivity contribution in [3.8, 4) is 11.5 Å². The molecule has 7 atom stereocenters. The number of carbonyl (C=O) groups is 2. The fourth-order valence-electron chi connectivity index (χ4n) is 5.82. The minimum atomic E-state index is -1.37. The van der Waals surface area contributed by atoms with E-state index in [0.29, 0.717) is 30.6 Å². The van der Waals surface area contributed by atoms with Crippen LogP contribution < -0.4 is 4.74 Å². The molecule has 0 radical (unpaired) electrons. The standard InChI is InChI=1S/C28H42O9/c1-8-10-16(20-13-21(30)28(27(33)36-20)22(9-2)37-28)23(31)17-12-19(25(34-6)14(3)4)26(35-7)18(24(17)32)11-15(5)29/h12,14,16,20-22,25,27,30,32-33H,8-11,13H2,1-7H3. The molecule has 1 spiro atoms. The highest BCUT2D eigenvalue weighted by molar-refractivity contribution is 6.02. The van der Waals surface area contributed by atoms with E-state index >= 15 is 0 Å². The number of epoxide rings is 1. The monoisotopic (exact) mass is 522 g/mol. The summed E-state index contributed by atoms with van der Waals surface area (Å²) >= 11 is 0. The van der Waals surface area contributed by atoms with Crippen molar-refractivity contribution in [3.05, 3.63) is 22.8 Å². The van der Waals surface area contributed by atoms with Gasteiger partial charge in [-0.2, -0.15) is 0 Å². The molecule has 2 heterocycles. The van der Waals surface area contributed by atoms with Crippen molar-refractivity contribution >= 4 is 11.6 Å². The van der Waals surface area contributed by atoms with E-state index in [1.54, 1.807) is 13.2 Å². The molecule has 0 bridgehead atoms. The number of aliphatic hydroxyl groups is 2. The van der Waals surface area contributed by atoms with E-state index < -0.39 is 41.9 Å². The normalized spacial score (nSPS) is 28.8. The van der Waals surface area contributed by atoms with Crippen LogP contribution in [0.2, 0.25) is 0 Å². The molecule has 2 aliphatic heterocycles. The summed E-state index contributed by atoms with van der Waals surface area (Å²) in [6, 6.07) is 1.57. The van der Waals surface area contributed by atoms with Crippen LogP contribution in [0.5, 0.6) is 11.5 Å². The van der Waals surface area contributed by atoms with Crippen molar-refractivity contribution < 1.29 is 43.9 Å². The average molecular weight is 523 g/mol. The van der Waals surface area contributed by atoms with Gasteiger partial charge in [-0.3, -0.25) is 9.59 Å². The Hall–Kier alpha value is -2.04. The van der Waals surface area contributed by atoms with Gasteiger partial charge >= 0.3 is 0 Å². The van der Waals surface area contributed by atoms with Crippen molar-refractivity contribution in [2.45, 2.75) is 103 Å². The van der Waals surface area contributed by atoms with Gasteiger partial charge in [0.25, 0.3) is 0 Å². The Kier molecular flexibility index (Phi) is 9.40. The number of phenols is 1. The number of Topliss-reactive ketones (excluding diaryl/α,β-unsaturated/α-hetero) is 2. The molecule has 208 valence electrons. The third-order valence-electron chi connectivity index (χ3n) is 7.65. The predicted molar refractivity (Wildman–Crippen MR) is 136 cm³/mol. The second kappa shape index (κ2) is 11.8. The van der Waals surface area contributed by atoms with Gasteiger partial charge in [0, 0.05) is 37.0 Å². The zero-order valence-corrected chi connectivity index (χ0v) is 22.9.